The molecule has 0 aromatic heterocycles. The van der Waals surface area contributed by atoms with Crippen LogP contribution in [-0.4, -0.2) is 173 Å². The van der Waals surface area contributed by atoms with E-state index in [1.54, 1.807) is 0 Å². The second kappa shape index (κ2) is 37.1. The highest BCUT2D eigenvalue weighted by Crippen LogP contribution is 2.49. The van der Waals surface area contributed by atoms with E-state index in [9.17, 15) is 80.5 Å². The average Bonchev–Trinajstić information content (AvgIpc) is 1.68. The predicted molar refractivity (Wildman–Crippen MR) is 385 cm³/mol. The van der Waals surface area contributed by atoms with E-state index in [-0.39, 0.29) is 70.3 Å². The van der Waals surface area contributed by atoms with Crippen molar-refractivity contribution in [3.63, 3.8) is 0 Å². The fourth-order valence-corrected chi connectivity index (χ4v) is 16.0. The van der Waals surface area contributed by atoms with E-state index >= 15 is 0 Å². The summed E-state index contributed by atoms with van der Waals surface area (Å²) in [6.45, 7) is 15.8. The quantitative estimate of drug-likeness (QED) is 0.0231. The van der Waals surface area contributed by atoms with Gasteiger partial charge in [0, 0.05) is 80.6 Å². The highest BCUT2D eigenvalue weighted by molar-refractivity contribution is 5.97. The molecule has 4 saturated heterocycles. The van der Waals surface area contributed by atoms with Crippen LogP contribution < -0.4 is 0 Å². The van der Waals surface area contributed by atoms with Crippen LogP contribution in [0.5, 0.6) is 0 Å². The summed E-state index contributed by atoms with van der Waals surface area (Å²) in [7, 11) is 0. The topological polar surface area (TPSA) is 414 Å². The monoisotopic (exact) mass is 1490 g/mol. The third-order valence-corrected chi connectivity index (χ3v) is 20.8. The number of carbonyl (C=O) groups excluding carboxylic acids is 8. The average molecular weight is 1490 g/mol. The maximum atomic E-state index is 14.3. The lowest BCUT2D eigenvalue weighted by atomic mass is 9.72. The van der Waals surface area contributed by atoms with Crippen LogP contribution in [0.25, 0.3) is 0 Å². The van der Waals surface area contributed by atoms with Gasteiger partial charge in [-0.1, -0.05) is 55.4 Å². The molecule has 28 nitrogen and oxygen atoms in total. The van der Waals surface area contributed by atoms with Crippen LogP contribution in [0.2, 0.25) is 0 Å². The third kappa shape index (κ3) is 21.6. The van der Waals surface area contributed by atoms with Crippen molar-refractivity contribution in [1.82, 2.24) is 19.6 Å². The van der Waals surface area contributed by atoms with Crippen LogP contribution in [0.1, 0.15) is 184 Å². The van der Waals surface area contributed by atoms with Crippen molar-refractivity contribution >= 4 is 47.8 Å². The Labute approximate surface area is 637 Å². The van der Waals surface area contributed by atoms with Crippen LogP contribution in [0, 0.1) is 118 Å². The second-order valence-electron chi connectivity index (χ2n) is 32.1. The van der Waals surface area contributed by atoms with Gasteiger partial charge in [0.25, 0.3) is 0 Å². The molecule has 0 atom stereocenters. The maximum absolute atomic E-state index is 14.3. The summed E-state index contributed by atoms with van der Waals surface area (Å²) in [5.74, 6) is -9.26. The van der Waals surface area contributed by atoms with Crippen molar-refractivity contribution in [2.24, 2.45) is 27.1 Å². The fraction of sp³-hybridized carbons (Fsp3) is 0.605. The molecule has 0 N–H and O–H groups in total. The molecule has 0 spiro atoms. The molecule has 4 fully saturated rings. The molecule has 0 amide bonds. The SMILES string of the molecule is CC1(C)CC(N2CCCC2)=C(C#N)/C(=C(/C#N)C(=O)OCCOC(=O)CC(CC(=O)OCCOC(=O)/C(C#N)=C2\CC(C)(C)CC(N3CCCC3)=C2C#N)(CC(=O)OCCOC(=O)/C(C#N)=C2\CC(C)(C)CC(N3CCCC3)=C2C#N)CC(=O)OCCOC(=O)/C(C#N)=C2\CC(C)(C)CC(N3CCCC3)=C2C#N)C1. The number of hydrogen-bond donors (Lipinski definition) is 0. The lowest BCUT2D eigenvalue weighted by molar-refractivity contribution is -0.163. The zero-order valence-electron chi connectivity index (χ0n) is 63.9. The summed E-state index contributed by atoms with van der Waals surface area (Å²) >= 11 is 0. The molecular weight excluding hydrogens is 1400 g/mol. The molecule has 0 bridgehead atoms. The Hall–Kier alpha value is -11.2. The van der Waals surface area contributed by atoms with Crippen LogP contribution in [-0.2, 0) is 76.3 Å². The number of allylic oxidation sites excluding steroid dienone is 12. The lowest BCUT2D eigenvalue weighted by Crippen LogP contribution is -2.36. The molecule has 109 heavy (non-hydrogen) atoms. The Balaban J connectivity index is 1.04. The standard InChI is InChI=1S/C81H96N12O16/c1-77(2)33-53(57(45-82)65(37-77)90-17-9-10-18-90)61(49-86)73(98)106-29-25-102-69(94)41-81(42-70(95)103-26-30-107-74(99)62(50-87)54-34-78(3,4)38-66(58(54)46-83)91-19-11-12-20-91,43-71(96)104-27-31-108-75(100)63(51-88)55-35-79(5,6)39-67(59(55)47-84)92-21-13-14-22-92)44-72(97)105-28-32-109-76(101)64(52-89)56-36-80(7,8)40-68(60(56)48-85)93-23-15-16-24-93/h9-44H2,1-8H3/b61-53-,62-54+,63-55+,64-56+. The van der Waals surface area contributed by atoms with Crippen molar-refractivity contribution in [3.05, 3.63) is 89.7 Å². The Morgan fingerprint density at radius 2 is 0.468 bits per heavy atom. The van der Waals surface area contributed by atoms with Crippen LogP contribution >= 0.6 is 0 Å². The zero-order valence-corrected chi connectivity index (χ0v) is 63.9. The van der Waals surface area contributed by atoms with Gasteiger partial charge in [0.15, 0.2) is 0 Å². The Morgan fingerprint density at radius 1 is 0.294 bits per heavy atom. The van der Waals surface area contributed by atoms with Crippen LogP contribution in [0.4, 0.5) is 0 Å². The summed E-state index contributed by atoms with van der Waals surface area (Å²) in [5.41, 5.74) is -1.26. The van der Waals surface area contributed by atoms with Crippen molar-refractivity contribution < 1.29 is 76.3 Å². The fourth-order valence-electron chi connectivity index (χ4n) is 16.0. The summed E-state index contributed by atoms with van der Waals surface area (Å²) in [6, 6.07) is 16.4. The van der Waals surface area contributed by atoms with Crippen LogP contribution in [0.15, 0.2) is 89.7 Å². The predicted octanol–water partition coefficient (Wildman–Crippen LogP) is 9.93. The minimum absolute atomic E-state index is 0.193. The Morgan fingerprint density at radius 3 is 0.633 bits per heavy atom. The summed E-state index contributed by atoms with van der Waals surface area (Å²) in [5, 5.41) is 83.4. The highest BCUT2D eigenvalue weighted by atomic mass is 16.6. The van der Waals surface area contributed by atoms with Gasteiger partial charge < -0.3 is 57.5 Å². The molecule has 0 unspecified atom stereocenters. The van der Waals surface area contributed by atoms with Crippen molar-refractivity contribution in [1.29, 1.82) is 42.1 Å². The van der Waals surface area contributed by atoms with E-state index < -0.39 is 176 Å². The number of ether oxygens (including phenoxy) is 8. The number of likely N-dealkylation sites (tertiary alicyclic amines) is 4. The molecule has 0 aromatic carbocycles. The highest BCUT2D eigenvalue weighted by Gasteiger charge is 2.45. The van der Waals surface area contributed by atoms with Gasteiger partial charge in [-0.15, -0.1) is 0 Å². The van der Waals surface area contributed by atoms with Gasteiger partial charge in [0.2, 0.25) is 0 Å². The van der Waals surface area contributed by atoms with E-state index in [4.69, 9.17) is 37.9 Å². The summed E-state index contributed by atoms with van der Waals surface area (Å²) in [4.78, 5) is 121. The van der Waals surface area contributed by atoms with E-state index in [0.29, 0.717) is 78.0 Å². The maximum Gasteiger partial charge on any atom is 0.349 e. The molecule has 8 rings (SSSR count). The zero-order chi connectivity index (χ0) is 79.4. The molecule has 8 aliphatic rings. The number of carbonyl (C=O) groups is 8. The molecule has 28 heteroatoms. The van der Waals surface area contributed by atoms with Crippen molar-refractivity contribution in [2.75, 3.05) is 105 Å². The van der Waals surface area contributed by atoms with E-state index in [1.165, 1.54) is 0 Å². The van der Waals surface area contributed by atoms with Gasteiger partial charge in [0.1, 0.15) is 124 Å². The molecular formula is C81H96N12O16. The molecule has 4 heterocycles. The first kappa shape index (κ1) is 83.4. The smallest absolute Gasteiger partial charge is 0.349 e. The Kier molecular flexibility index (Phi) is 28.4. The third-order valence-electron chi connectivity index (χ3n) is 20.8. The number of nitriles is 8. The normalized spacial score (nSPS) is 21.1. The molecule has 576 valence electrons. The van der Waals surface area contributed by atoms with Crippen molar-refractivity contribution in [3.8, 4) is 48.6 Å². The first-order chi connectivity index (χ1) is 51.9. The van der Waals surface area contributed by atoms with Gasteiger partial charge in [-0.3, -0.25) is 19.2 Å². The minimum Gasteiger partial charge on any atom is -0.462 e. The number of rotatable bonds is 28. The number of nitrogens with zero attached hydrogens (tertiary/aromatic N) is 12. The number of hydrogen-bond acceptors (Lipinski definition) is 28. The first-order valence-corrected chi connectivity index (χ1v) is 37.3. The van der Waals surface area contributed by atoms with E-state index in [0.717, 1.165) is 74.2 Å². The molecule has 0 saturated carbocycles. The van der Waals surface area contributed by atoms with Gasteiger partial charge in [0.05, 0.1) is 48.0 Å². The van der Waals surface area contributed by atoms with Crippen molar-refractivity contribution in [2.45, 2.75) is 184 Å². The molecule has 0 aromatic rings. The lowest BCUT2D eigenvalue weighted by Gasteiger charge is -2.37. The van der Waals surface area contributed by atoms with Crippen LogP contribution in [0.3, 0.4) is 0 Å². The van der Waals surface area contributed by atoms with Gasteiger partial charge in [-0.05, 0) is 147 Å². The first-order valence-electron chi connectivity index (χ1n) is 37.3. The van der Waals surface area contributed by atoms with Gasteiger partial charge in [-0.25, -0.2) is 19.2 Å². The second-order valence-corrected chi connectivity index (χ2v) is 32.1. The Bertz CT molecular complexity index is 3720. The molecule has 0 radical (unpaired) electrons. The van der Waals surface area contributed by atoms with Gasteiger partial charge >= 0.3 is 47.8 Å². The summed E-state index contributed by atoms with van der Waals surface area (Å²) in [6.07, 6.45) is 6.08. The van der Waals surface area contributed by atoms with E-state index in [1.807, 2.05) is 79.7 Å². The molecule has 4 aliphatic carbocycles. The largest absolute Gasteiger partial charge is 0.462 e. The molecule has 4 aliphatic heterocycles. The van der Waals surface area contributed by atoms with E-state index in [2.05, 4.69) is 43.9 Å². The van der Waals surface area contributed by atoms with Gasteiger partial charge in [-0.2, -0.15) is 42.1 Å². The minimum atomic E-state index is -2.25. The summed E-state index contributed by atoms with van der Waals surface area (Å²) < 4.78 is 44.1. The number of esters is 8.